The number of benzene rings is 3. The first-order valence-electron chi connectivity index (χ1n) is 11.5. The van der Waals surface area contributed by atoms with Gasteiger partial charge in [-0.15, -0.1) is 0 Å². The number of carboxylic acids is 1. The van der Waals surface area contributed by atoms with Gasteiger partial charge in [-0.25, -0.2) is 18.2 Å². The summed E-state index contributed by atoms with van der Waals surface area (Å²) >= 11 is 0. The molecular weight excluding hydrogens is 496 g/mol. The maximum Gasteiger partial charge on any atom is 0.327 e. The van der Waals surface area contributed by atoms with Crippen molar-refractivity contribution in [1.29, 1.82) is 0 Å². The number of fused-ring (bicyclic) bond motifs is 1. The van der Waals surface area contributed by atoms with Gasteiger partial charge in [0.25, 0.3) is 10.0 Å². The van der Waals surface area contributed by atoms with Gasteiger partial charge in [0.2, 0.25) is 5.89 Å². The van der Waals surface area contributed by atoms with Crippen molar-refractivity contribution in [2.75, 3.05) is 11.4 Å². The van der Waals surface area contributed by atoms with E-state index in [1.54, 1.807) is 31.2 Å². The van der Waals surface area contributed by atoms with Crippen LogP contribution in [0.1, 0.15) is 17.0 Å². The topological polar surface area (TPSA) is 119 Å². The third-order valence-corrected chi connectivity index (χ3v) is 8.00. The van der Waals surface area contributed by atoms with Gasteiger partial charge in [0.15, 0.2) is 11.5 Å². The number of aryl methyl sites for hydroxylation is 1. The molecule has 3 aromatic carbocycles. The summed E-state index contributed by atoms with van der Waals surface area (Å²) in [6.45, 7) is 1.86. The molecule has 0 aliphatic carbocycles. The highest BCUT2D eigenvalue weighted by Crippen LogP contribution is 2.39. The first-order valence-corrected chi connectivity index (χ1v) is 12.9. The van der Waals surface area contributed by atoms with E-state index in [9.17, 15) is 18.3 Å². The number of sulfonamides is 1. The van der Waals surface area contributed by atoms with Crippen LogP contribution in [0.3, 0.4) is 0 Å². The Balaban J connectivity index is 1.41. The van der Waals surface area contributed by atoms with Crippen LogP contribution in [0.25, 0.3) is 11.5 Å². The van der Waals surface area contributed by atoms with Crippen molar-refractivity contribution in [3.05, 3.63) is 89.8 Å². The number of carboxylic acid groups (broad SMARTS) is 1. The Morgan fingerprint density at radius 2 is 1.81 bits per heavy atom. The number of para-hydroxylation sites is 1. The molecule has 0 saturated heterocycles. The van der Waals surface area contributed by atoms with E-state index >= 15 is 0 Å². The monoisotopic (exact) mass is 520 g/mol. The summed E-state index contributed by atoms with van der Waals surface area (Å²) in [6, 6.07) is 19.2. The maximum atomic E-state index is 13.6. The fraction of sp³-hybridized carbons (Fsp3) is 0.185. The van der Waals surface area contributed by atoms with Gasteiger partial charge in [-0.1, -0.05) is 36.4 Å². The van der Waals surface area contributed by atoms with Gasteiger partial charge in [0.1, 0.15) is 24.1 Å². The van der Waals surface area contributed by atoms with Crippen molar-refractivity contribution in [3.63, 3.8) is 0 Å². The summed E-state index contributed by atoms with van der Waals surface area (Å²) in [6.07, 6.45) is 0.0884. The van der Waals surface area contributed by atoms with Gasteiger partial charge < -0.3 is 19.0 Å². The smallest absolute Gasteiger partial charge is 0.327 e. The van der Waals surface area contributed by atoms with Gasteiger partial charge in [0.05, 0.1) is 17.7 Å². The van der Waals surface area contributed by atoms with E-state index in [0.717, 1.165) is 9.87 Å². The van der Waals surface area contributed by atoms with Crippen molar-refractivity contribution in [2.45, 2.75) is 30.9 Å². The number of aliphatic carboxylic acids is 1. The molecule has 1 aliphatic heterocycles. The molecule has 10 heteroatoms. The maximum absolute atomic E-state index is 13.6. The lowest BCUT2D eigenvalue weighted by Gasteiger charge is -2.24. The van der Waals surface area contributed by atoms with Gasteiger partial charge in [0, 0.05) is 18.1 Å². The lowest BCUT2D eigenvalue weighted by atomic mass is 10.1. The highest BCUT2D eigenvalue weighted by molar-refractivity contribution is 7.93. The average Bonchev–Trinajstić information content (AvgIpc) is 3.49. The molecule has 9 nitrogen and oxygen atoms in total. The standard InChI is InChI=1S/C27H24N2O7S/c1-17-21(28-26(36-17)18-8-4-3-5-9-18)16-35-24-13-12-20(15-25(24)34-2)37(32,33)29-22-11-7-6-10-19(22)14-23(29)27(30)31/h3-13,15,23H,14,16H2,1-2H3,(H,30,31). The fourth-order valence-electron chi connectivity index (χ4n) is 4.30. The molecular formula is C27H24N2O7S. The minimum atomic E-state index is -4.21. The van der Waals surface area contributed by atoms with Crippen LogP contribution in [-0.4, -0.2) is 37.6 Å². The molecule has 0 fully saturated rings. The summed E-state index contributed by atoms with van der Waals surface area (Å²) in [5.41, 5.74) is 2.44. The molecule has 4 aromatic rings. The quantitative estimate of drug-likeness (QED) is 0.362. The Kier molecular flexibility index (Phi) is 6.34. The second-order valence-electron chi connectivity index (χ2n) is 8.48. The first-order chi connectivity index (χ1) is 17.8. The van der Waals surface area contributed by atoms with Crippen LogP contribution in [0.2, 0.25) is 0 Å². The van der Waals surface area contributed by atoms with Crippen molar-refractivity contribution in [3.8, 4) is 23.0 Å². The third-order valence-electron chi connectivity index (χ3n) is 6.18. The van der Waals surface area contributed by atoms with E-state index in [0.29, 0.717) is 34.3 Å². The number of carbonyl (C=O) groups is 1. The zero-order chi connectivity index (χ0) is 26.2. The average molecular weight is 521 g/mol. The van der Waals surface area contributed by atoms with Crippen molar-refractivity contribution in [1.82, 2.24) is 4.98 Å². The van der Waals surface area contributed by atoms with Crippen molar-refractivity contribution < 1.29 is 32.2 Å². The molecule has 1 aliphatic rings. The second kappa shape index (κ2) is 9.62. The molecule has 1 unspecified atom stereocenters. The molecule has 37 heavy (non-hydrogen) atoms. The number of anilines is 1. The Hall–Kier alpha value is -4.31. The first kappa shape index (κ1) is 24.4. The molecule has 0 saturated carbocycles. The number of methoxy groups -OCH3 is 1. The lowest BCUT2D eigenvalue weighted by molar-refractivity contribution is -0.138. The van der Waals surface area contributed by atoms with Crippen LogP contribution < -0.4 is 13.8 Å². The predicted octanol–water partition coefficient (Wildman–Crippen LogP) is 4.44. The summed E-state index contributed by atoms with van der Waals surface area (Å²) < 4.78 is 45.2. The van der Waals surface area contributed by atoms with Crippen molar-refractivity contribution >= 4 is 21.7 Å². The minimum Gasteiger partial charge on any atom is -0.493 e. The highest BCUT2D eigenvalue weighted by atomic mass is 32.2. The molecule has 1 N–H and O–H groups in total. The van der Waals surface area contributed by atoms with E-state index in [-0.39, 0.29) is 23.7 Å². The summed E-state index contributed by atoms with van der Waals surface area (Å²) in [4.78, 5) is 16.3. The molecule has 0 radical (unpaired) electrons. The second-order valence-corrected chi connectivity index (χ2v) is 10.3. The van der Waals surface area contributed by atoms with E-state index in [1.807, 2.05) is 30.3 Å². The van der Waals surface area contributed by atoms with E-state index in [2.05, 4.69) is 4.98 Å². The Morgan fingerprint density at radius 3 is 2.54 bits per heavy atom. The Bertz CT molecular complexity index is 1560. The van der Waals surface area contributed by atoms with Gasteiger partial charge >= 0.3 is 5.97 Å². The molecule has 0 bridgehead atoms. The number of hydrogen-bond donors (Lipinski definition) is 1. The van der Waals surface area contributed by atoms with Crippen LogP contribution in [-0.2, 0) is 27.8 Å². The molecule has 0 spiro atoms. The van der Waals surface area contributed by atoms with Gasteiger partial charge in [-0.3, -0.25) is 4.31 Å². The number of oxazole rings is 1. The molecule has 1 atom stereocenters. The predicted molar refractivity (Wildman–Crippen MR) is 135 cm³/mol. The molecule has 0 amide bonds. The third kappa shape index (κ3) is 4.51. The Morgan fingerprint density at radius 1 is 1.08 bits per heavy atom. The molecule has 5 rings (SSSR count). The summed E-state index contributed by atoms with van der Waals surface area (Å²) in [5.74, 6) is 0.351. The number of hydrogen-bond acceptors (Lipinski definition) is 7. The van der Waals surface area contributed by atoms with Gasteiger partial charge in [-0.2, -0.15) is 0 Å². The van der Waals surface area contributed by atoms with E-state index in [4.69, 9.17) is 13.9 Å². The summed E-state index contributed by atoms with van der Waals surface area (Å²) in [5, 5.41) is 9.72. The zero-order valence-corrected chi connectivity index (χ0v) is 20.9. The number of rotatable bonds is 8. The highest BCUT2D eigenvalue weighted by Gasteiger charge is 2.42. The van der Waals surface area contributed by atoms with E-state index in [1.165, 1.54) is 25.3 Å². The molecule has 190 valence electrons. The fourth-order valence-corrected chi connectivity index (χ4v) is 5.96. The Labute approximate surface area is 214 Å². The van der Waals surface area contributed by atoms with Gasteiger partial charge in [-0.05, 0) is 42.8 Å². The zero-order valence-electron chi connectivity index (χ0n) is 20.1. The number of aromatic nitrogens is 1. The van der Waals surface area contributed by atoms with Crippen molar-refractivity contribution in [2.24, 2.45) is 0 Å². The van der Waals surface area contributed by atoms with E-state index < -0.39 is 22.0 Å². The SMILES string of the molecule is COc1cc(S(=O)(=O)N2c3ccccc3CC2C(=O)O)ccc1OCc1nc(-c2ccccc2)oc1C. The van der Waals surface area contributed by atoms with Crippen LogP contribution >= 0.6 is 0 Å². The van der Waals surface area contributed by atoms with Crippen LogP contribution in [0.4, 0.5) is 5.69 Å². The largest absolute Gasteiger partial charge is 0.493 e. The number of ether oxygens (including phenoxy) is 2. The normalized spacial score (nSPS) is 14.9. The minimum absolute atomic E-state index is 0.0746. The lowest BCUT2D eigenvalue weighted by Crippen LogP contribution is -2.42. The molecule has 2 heterocycles. The van der Waals surface area contributed by atoms with Crippen LogP contribution in [0.15, 0.2) is 82.1 Å². The summed E-state index contributed by atoms with van der Waals surface area (Å²) in [7, 11) is -2.81. The van der Waals surface area contributed by atoms with Crippen LogP contribution in [0.5, 0.6) is 11.5 Å². The molecule has 1 aromatic heterocycles. The van der Waals surface area contributed by atoms with Crippen LogP contribution in [0, 0.1) is 6.92 Å². The number of nitrogens with zero attached hydrogens (tertiary/aromatic N) is 2.